The lowest BCUT2D eigenvalue weighted by Crippen LogP contribution is -2.54. The van der Waals surface area contributed by atoms with Gasteiger partial charge in [0.1, 0.15) is 0 Å². The molecule has 220 valence electrons. The van der Waals surface area contributed by atoms with Crippen LogP contribution in [0.4, 0.5) is 17.1 Å². The molecule has 9 aromatic carbocycles. The summed E-state index contributed by atoms with van der Waals surface area (Å²) in [6.45, 7) is 0.143. The van der Waals surface area contributed by atoms with Crippen LogP contribution < -0.4 is 21.3 Å². The summed E-state index contributed by atoms with van der Waals surface area (Å²) >= 11 is 0. The van der Waals surface area contributed by atoms with Gasteiger partial charge in [-0.15, -0.1) is 0 Å². The van der Waals surface area contributed by atoms with Crippen LogP contribution in [0, 0.1) is 0 Å². The second-order valence-corrected chi connectivity index (χ2v) is 13.3. The topological polar surface area (TPSA) is 3.24 Å². The molecular formula is C46H28BN. The van der Waals surface area contributed by atoms with Gasteiger partial charge in [-0.2, -0.15) is 0 Å². The Morgan fingerprint density at radius 3 is 1.71 bits per heavy atom. The maximum atomic E-state index is 2.55. The third-order valence-electron chi connectivity index (χ3n) is 10.8. The van der Waals surface area contributed by atoms with Crippen molar-refractivity contribution in [3.63, 3.8) is 0 Å². The number of nitrogens with zero attached hydrogens (tertiary/aromatic N) is 1. The summed E-state index contributed by atoms with van der Waals surface area (Å²) in [7, 11) is 0. The Hall–Kier alpha value is -6.12. The molecule has 0 aliphatic carbocycles. The van der Waals surface area contributed by atoms with Crippen LogP contribution in [0.1, 0.15) is 0 Å². The van der Waals surface area contributed by atoms with E-state index in [2.05, 4.69) is 175 Å². The molecule has 0 unspecified atom stereocenters. The summed E-state index contributed by atoms with van der Waals surface area (Å²) in [4.78, 5) is 2.55. The highest BCUT2D eigenvalue weighted by Crippen LogP contribution is 2.46. The molecule has 2 aliphatic heterocycles. The third-order valence-corrected chi connectivity index (χ3v) is 10.8. The number of fused-ring (bicyclic) bond motifs is 5. The van der Waals surface area contributed by atoms with E-state index >= 15 is 0 Å². The van der Waals surface area contributed by atoms with Crippen molar-refractivity contribution < 1.29 is 0 Å². The molecule has 0 bridgehead atoms. The van der Waals surface area contributed by atoms with Crippen molar-refractivity contribution in [1.29, 1.82) is 0 Å². The van der Waals surface area contributed by atoms with Crippen molar-refractivity contribution in [2.24, 2.45) is 0 Å². The quantitative estimate of drug-likeness (QED) is 0.143. The Morgan fingerprint density at radius 1 is 0.354 bits per heavy atom. The van der Waals surface area contributed by atoms with Crippen LogP contribution >= 0.6 is 0 Å². The van der Waals surface area contributed by atoms with Gasteiger partial charge in [-0.1, -0.05) is 157 Å². The van der Waals surface area contributed by atoms with Gasteiger partial charge in [-0.05, 0) is 89.4 Å². The minimum atomic E-state index is 0.143. The third kappa shape index (κ3) is 3.52. The number of benzene rings is 9. The van der Waals surface area contributed by atoms with E-state index in [1.54, 1.807) is 0 Å². The van der Waals surface area contributed by atoms with Gasteiger partial charge in [0.25, 0.3) is 0 Å². The van der Waals surface area contributed by atoms with Crippen LogP contribution in [0.3, 0.4) is 0 Å². The zero-order valence-corrected chi connectivity index (χ0v) is 26.2. The maximum absolute atomic E-state index is 2.55. The molecule has 0 saturated heterocycles. The van der Waals surface area contributed by atoms with E-state index in [4.69, 9.17) is 0 Å². The molecule has 48 heavy (non-hydrogen) atoms. The highest BCUT2D eigenvalue weighted by molar-refractivity contribution is 7.01. The summed E-state index contributed by atoms with van der Waals surface area (Å²) < 4.78 is 0. The van der Waals surface area contributed by atoms with Crippen molar-refractivity contribution in [3.8, 4) is 33.4 Å². The molecule has 9 aromatic rings. The Balaban J connectivity index is 1.21. The Bertz CT molecular complexity index is 2710. The maximum Gasteiger partial charge on any atom is 0.248 e. The SMILES string of the molecule is c1ccc(-c2ccc3c(c2)B2c4cc(-c5ccccc5)ccc4N(c4ccc5ccc6cccc7ccc4c5c67)c4cccc-3c42)cc1. The van der Waals surface area contributed by atoms with Gasteiger partial charge < -0.3 is 4.90 Å². The summed E-state index contributed by atoms with van der Waals surface area (Å²) in [6, 6.07) is 63.2. The molecule has 0 radical (unpaired) electrons. The van der Waals surface area contributed by atoms with Crippen molar-refractivity contribution in [2.45, 2.75) is 0 Å². The Labute approximate surface area is 279 Å². The molecule has 2 heterocycles. The summed E-state index contributed by atoms with van der Waals surface area (Å²) in [5.41, 5.74) is 15.6. The molecule has 0 saturated carbocycles. The van der Waals surface area contributed by atoms with Crippen LogP contribution in [0.15, 0.2) is 170 Å². The van der Waals surface area contributed by atoms with Gasteiger partial charge in [0, 0.05) is 16.8 Å². The molecule has 2 aliphatic rings. The lowest BCUT2D eigenvalue weighted by atomic mass is 9.37. The molecule has 0 fully saturated rings. The fourth-order valence-electron chi connectivity index (χ4n) is 8.73. The van der Waals surface area contributed by atoms with Crippen LogP contribution in [0.25, 0.3) is 65.7 Å². The van der Waals surface area contributed by atoms with Crippen molar-refractivity contribution >= 4 is 72.5 Å². The molecular weight excluding hydrogens is 577 g/mol. The molecule has 0 atom stereocenters. The van der Waals surface area contributed by atoms with E-state index in [-0.39, 0.29) is 6.71 Å². The molecule has 0 spiro atoms. The first-order valence-electron chi connectivity index (χ1n) is 16.8. The summed E-state index contributed by atoms with van der Waals surface area (Å²) in [5, 5.41) is 7.85. The monoisotopic (exact) mass is 605 g/mol. The van der Waals surface area contributed by atoms with E-state index in [9.17, 15) is 0 Å². The van der Waals surface area contributed by atoms with Crippen LogP contribution in [-0.2, 0) is 0 Å². The standard InChI is InChI=1S/C46H28BN/c1-3-9-29(10-4-1)34-20-23-36-37-15-8-16-43-46(37)47(39(36)27-34)40-28-35(30-11-5-2-6-12-30)22-26-42(40)48(43)41-25-21-33-18-17-31-13-7-14-32-19-24-38(41)45(33)44(31)32/h1-28H. The summed E-state index contributed by atoms with van der Waals surface area (Å²) in [5.74, 6) is 0. The highest BCUT2D eigenvalue weighted by atomic mass is 15.2. The lowest BCUT2D eigenvalue weighted by Gasteiger charge is -2.37. The van der Waals surface area contributed by atoms with Gasteiger partial charge in [-0.25, -0.2) is 0 Å². The molecule has 1 nitrogen and oxygen atoms in total. The van der Waals surface area contributed by atoms with Crippen LogP contribution in [0.2, 0.25) is 0 Å². The van der Waals surface area contributed by atoms with Crippen molar-refractivity contribution in [1.82, 2.24) is 0 Å². The van der Waals surface area contributed by atoms with E-state index in [1.807, 2.05) is 0 Å². The van der Waals surface area contributed by atoms with E-state index in [0.29, 0.717) is 0 Å². The van der Waals surface area contributed by atoms with Gasteiger partial charge in [0.05, 0.1) is 5.69 Å². The van der Waals surface area contributed by atoms with Gasteiger partial charge in [0.2, 0.25) is 6.71 Å². The second kappa shape index (κ2) is 9.70. The average molecular weight is 606 g/mol. The van der Waals surface area contributed by atoms with Gasteiger partial charge >= 0.3 is 0 Å². The minimum absolute atomic E-state index is 0.143. The van der Waals surface area contributed by atoms with E-state index in [1.165, 1.54) is 99.1 Å². The van der Waals surface area contributed by atoms with Gasteiger partial charge in [0.15, 0.2) is 0 Å². The largest absolute Gasteiger partial charge is 0.311 e. The predicted molar refractivity (Wildman–Crippen MR) is 206 cm³/mol. The zero-order valence-electron chi connectivity index (χ0n) is 26.2. The van der Waals surface area contributed by atoms with Crippen LogP contribution in [0.5, 0.6) is 0 Å². The first-order valence-corrected chi connectivity index (χ1v) is 16.8. The molecule has 0 N–H and O–H groups in total. The lowest BCUT2D eigenvalue weighted by molar-refractivity contribution is 1.31. The van der Waals surface area contributed by atoms with Crippen LogP contribution in [-0.4, -0.2) is 6.71 Å². The van der Waals surface area contributed by atoms with Gasteiger partial charge in [-0.3, -0.25) is 0 Å². The van der Waals surface area contributed by atoms with Crippen molar-refractivity contribution in [3.05, 3.63) is 170 Å². The molecule has 0 aromatic heterocycles. The fraction of sp³-hybridized carbons (Fsp3) is 0. The smallest absolute Gasteiger partial charge is 0.248 e. The Kier molecular flexibility index (Phi) is 5.26. The first kappa shape index (κ1) is 26.0. The molecule has 2 heteroatoms. The first-order chi connectivity index (χ1) is 23.8. The second-order valence-electron chi connectivity index (χ2n) is 13.3. The summed E-state index contributed by atoms with van der Waals surface area (Å²) in [6.07, 6.45) is 0. The zero-order chi connectivity index (χ0) is 31.3. The number of anilines is 3. The van der Waals surface area contributed by atoms with E-state index < -0.39 is 0 Å². The highest BCUT2D eigenvalue weighted by Gasteiger charge is 2.42. The minimum Gasteiger partial charge on any atom is -0.311 e. The normalized spacial score (nSPS) is 12.9. The average Bonchev–Trinajstić information content (AvgIpc) is 3.50. The number of hydrogen-bond acceptors (Lipinski definition) is 1. The van der Waals surface area contributed by atoms with E-state index in [0.717, 1.165) is 0 Å². The predicted octanol–water partition coefficient (Wildman–Crippen LogP) is 10.2. The molecule has 0 amide bonds. The number of rotatable bonds is 3. The fourth-order valence-corrected chi connectivity index (χ4v) is 8.73. The van der Waals surface area contributed by atoms with Crippen molar-refractivity contribution in [2.75, 3.05) is 4.90 Å². The Morgan fingerprint density at radius 2 is 0.958 bits per heavy atom. The number of hydrogen-bond donors (Lipinski definition) is 0. The molecule has 11 rings (SSSR count).